The zero-order chi connectivity index (χ0) is 12.9. The molecule has 0 aliphatic carbocycles. The van der Waals surface area contributed by atoms with Gasteiger partial charge in [-0.3, -0.25) is 0 Å². The lowest BCUT2D eigenvalue weighted by Crippen LogP contribution is -2.40. The van der Waals surface area contributed by atoms with Crippen LogP contribution in [-0.4, -0.2) is 44.2 Å². The van der Waals surface area contributed by atoms with Crippen LogP contribution in [-0.2, 0) is 10.0 Å². The molecule has 0 aromatic heterocycles. The first kappa shape index (κ1) is 14.9. The Morgan fingerprint density at radius 3 is 2.65 bits per heavy atom. The molecular formula is C12H26N2O2S. The van der Waals surface area contributed by atoms with Crippen molar-refractivity contribution in [3.8, 4) is 0 Å². The Hall–Kier alpha value is -0.130. The Kier molecular flexibility index (Phi) is 5.89. The van der Waals surface area contributed by atoms with E-state index in [2.05, 4.69) is 5.32 Å². The molecule has 0 spiro atoms. The van der Waals surface area contributed by atoms with Crippen LogP contribution in [0.3, 0.4) is 0 Å². The fourth-order valence-corrected chi connectivity index (χ4v) is 3.70. The van der Waals surface area contributed by atoms with Crippen LogP contribution < -0.4 is 5.32 Å². The fraction of sp³-hybridized carbons (Fsp3) is 1.00. The number of nitrogens with one attached hydrogen (secondary N) is 1. The number of hydrogen-bond acceptors (Lipinski definition) is 3. The highest BCUT2D eigenvalue weighted by Gasteiger charge is 2.23. The molecule has 1 heterocycles. The van der Waals surface area contributed by atoms with Crippen LogP contribution in [0.2, 0.25) is 0 Å². The van der Waals surface area contributed by atoms with Crippen molar-refractivity contribution in [3.05, 3.63) is 0 Å². The number of piperidine rings is 1. The summed E-state index contributed by atoms with van der Waals surface area (Å²) in [7, 11) is -1.39. The number of sulfonamides is 1. The Morgan fingerprint density at radius 1 is 1.41 bits per heavy atom. The predicted octanol–water partition coefficient (Wildman–Crippen LogP) is 1.58. The van der Waals surface area contributed by atoms with Crippen LogP contribution in [0, 0.1) is 0 Å². The van der Waals surface area contributed by atoms with Crippen LogP contribution in [0.4, 0.5) is 0 Å². The van der Waals surface area contributed by atoms with Gasteiger partial charge in [0.2, 0.25) is 10.0 Å². The molecule has 4 nitrogen and oxygen atoms in total. The van der Waals surface area contributed by atoms with Crippen LogP contribution in [0.5, 0.6) is 0 Å². The predicted molar refractivity (Wildman–Crippen MR) is 71.6 cm³/mol. The van der Waals surface area contributed by atoms with Crippen molar-refractivity contribution < 1.29 is 8.42 Å². The van der Waals surface area contributed by atoms with Crippen molar-refractivity contribution in [1.82, 2.24) is 9.62 Å². The van der Waals surface area contributed by atoms with E-state index in [9.17, 15) is 8.42 Å². The lowest BCUT2D eigenvalue weighted by Gasteiger charge is -2.26. The van der Waals surface area contributed by atoms with Gasteiger partial charge in [0.15, 0.2) is 0 Å². The number of hydrogen-bond donors (Lipinski definition) is 1. The first-order valence-electron chi connectivity index (χ1n) is 6.66. The third-order valence-electron chi connectivity index (χ3n) is 3.79. The molecule has 1 fully saturated rings. The average molecular weight is 262 g/mol. The van der Waals surface area contributed by atoms with Gasteiger partial charge in [0.25, 0.3) is 0 Å². The van der Waals surface area contributed by atoms with Crippen molar-refractivity contribution in [1.29, 1.82) is 0 Å². The molecule has 1 saturated heterocycles. The van der Waals surface area contributed by atoms with Gasteiger partial charge in [-0.1, -0.05) is 13.3 Å². The van der Waals surface area contributed by atoms with E-state index in [0.717, 1.165) is 25.8 Å². The molecule has 0 saturated carbocycles. The van der Waals surface area contributed by atoms with E-state index in [0.29, 0.717) is 6.04 Å². The molecule has 1 N–H and O–H groups in total. The summed E-state index contributed by atoms with van der Waals surface area (Å²) in [5.41, 5.74) is 0. The quantitative estimate of drug-likeness (QED) is 0.790. The zero-order valence-corrected chi connectivity index (χ0v) is 12.1. The normalized spacial score (nSPS) is 23.9. The topological polar surface area (TPSA) is 49.4 Å². The minimum atomic E-state index is -3.08. The summed E-state index contributed by atoms with van der Waals surface area (Å²) in [5, 5.41) is 3.39. The Balaban J connectivity index is 2.43. The van der Waals surface area contributed by atoms with Crippen LogP contribution in [0.15, 0.2) is 0 Å². The van der Waals surface area contributed by atoms with Crippen LogP contribution in [0.25, 0.3) is 0 Å². The van der Waals surface area contributed by atoms with Gasteiger partial charge in [0, 0.05) is 19.1 Å². The molecule has 17 heavy (non-hydrogen) atoms. The molecule has 1 aliphatic rings. The van der Waals surface area contributed by atoms with Gasteiger partial charge in [-0.05, 0) is 39.2 Å². The van der Waals surface area contributed by atoms with Crippen molar-refractivity contribution >= 4 is 10.0 Å². The van der Waals surface area contributed by atoms with Crippen LogP contribution in [0.1, 0.15) is 46.0 Å². The maximum Gasteiger partial charge on any atom is 0.214 e. The molecule has 0 aromatic rings. The van der Waals surface area contributed by atoms with E-state index in [1.165, 1.54) is 17.1 Å². The highest BCUT2D eigenvalue weighted by atomic mass is 32.2. The van der Waals surface area contributed by atoms with Gasteiger partial charge in [0.1, 0.15) is 0 Å². The number of nitrogens with zero attached hydrogens (tertiary/aromatic N) is 1. The van der Waals surface area contributed by atoms with Crippen molar-refractivity contribution in [3.63, 3.8) is 0 Å². The monoisotopic (exact) mass is 262 g/mol. The first-order valence-corrected chi connectivity index (χ1v) is 8.27. The standard InChI is InChI=1S/C12H26N2O2S/c1-4-11(2)14(3)17(15,16)10-8-12-7-5-6-9-13-12/h11-13H,4-10H2,1-3H3. The summed E-state index contributed by atoms with van der Waals surface area (Å²) in [6.07, 6.45) is 5.15. The van der Waals surface area contributed by atoms with E-state index in [1.807, 2.05) is 13.8 Å². The summed E-state index contributed by atoms with van der Waals surface area (Å²) in [6.45, 7) is 5.00. The van der Waals surface area contributed by atoms with Gasteiger partial charge >= 0.3 is 0 Å². The summed E-state index contributed by atoms with van der Waals surface area (Å²) in [5.74, 6) is 0.269. The Labute approximate surface area is 106 Å². The highest BCUT2D eigenvalue weighted by molar-refractivity contribution is 7.89. The molecule has 102 valence electrons. The minimum Gasteiger partial charge on any atom is -0.314 e. The van der Waals surface area contributed by atoms with E-state index in [1.54, 1.807) is 7.05 Å². The lowest BCUT2D eigenvalue weighted by molar-refractivity contribution is 0.368. The third-order valence-corrected chi connectivity index (χ3v) is 5.78. The van der Waals surface area contributed by atoms with Crippen LogP contribution >= 0.6 is 0 Å². The molecule has 2 atom stereocenters. The van der Waals surface area contributed by atoms with Gasteiger partial charge in [-0.25, -0.2) is 12.7 Å². The summed E-state index contributed by atoms with van der Waals surface area (Å²) >= 11 is 0. The summed E-state index contributed by atoms with van der Waals surface area (Å²) < 4.78 is 25.7. The summed E-state index contributed by atoms with van der Waals surface area (Å²) in [6, 6.07) is 0.489. The van der Waals surface area contributed by atoms with Gasteiger partial charge in [-0.2, -0.15) is 0 Å². The van der Waals surface area contributed by atoms with E-state index in [4.69, 9.17) is 0 Å². The molecular weight excluding hydrogens is 236 g/mol. The SMILES string of the molecule is CCC(C)N(C)S(=O)(=O)CCC1CCCCN1. The van der Waals surface area contributed by atoms with E-state index < -0.39 is 10.0 Å². The largest absolute Gasteiger partial charge is 0.314 e. The van der Waals surface area contributed by atoms with E-state index in [-0.39, 0.29) is 11.8 Å². The molecule has 1 rings (SSSR count). The molecule has 0 radical (unpaired) electrons. The zero-order valence-electron chi connectivity index (χ0n) is 11.3. The third kappa shape index (κ3) is 4.56. The molecule has 5 heteroatoms. The second-order valence-electron chi connectivity index (χ2n) is 5.02. The van der Waals surface area contributed by atoms with Crippen molar-refractivity contribution in [2.45, 2.75) is 58.0 Å². The van der Waals surface area contributed by atoms with Crippen molar-refractivity contribution in [2.24, 2.45) is 0 Å². The molecule has 2 unspecified atom stereocenters. The molecule has 1 aliphatic heterocycles. The maximum absolute atomic E-state index is 12.1. The van der Waals surface area contributed by atoms with E-state index >= 15 is 0 Å². The smallest absolute Gasteiger partial charge is 0.214 e. The van der Waals surface area contributed by atoms with Crippen molar-refractivity contribution in [2.75, 3.05) is 19.3 Å². The average Bonchev–Trinajstić information content (AvgIpc) is 2.36. The molecule has 0 amide bonds. The maximum atomic E-state index is 12.1. The highest BCUT2D eigenvalue weighted by Crippen LogP contribution is 2.14. The minimum absolute atomic E-state index is 0.0966. The molecule has 0 aromatic carbocycles. The fourth-order valence-electron chi connectivity index (χ4n) is 2.14. The molecule has 0 bridgehead atoms. The lowest BCUT2D eigenvalue weighted by atomic mass is 10.0. The van der Waals surface area contributed by atoms with Gasteiger partial charge in [0.05, 0.1) is 5.75 Å². The van der Waals surface area contributed by atoms with Gasteiger partial charge < -0.3 is 5.32 Å². The van der Waals surface area contributed by atoms with Gasteiger partial charge in [-0.15, -0.1) is 0 Å². The Bertz CT molecular complexity index is 310. The second kappa shape index (κ2) is 6.71. The first-order chi connectivity index (χ1) is 7.97. The summed E-state index contributed by atoms with van der Waals surface area (Å²) in [4.78, 5) is 0. The second-order valence-corrected chi connectivity index (χ2v) is 7.17. The Morgan fingerprint density at radius 2 is 2.12 bits per heavy atom. The number of rotatable bonds is 6.